The molecule has 0 saturated carbocycles. The summed E-state index contributed by atoms with van der Waals surface area (Å²) in [5.74, 6) is -0.501. The molecule has 0 amide bonds. The topological polar surface area (TPSA) is 171 Å². The fourth-order valence-electron chi connectivity index (χ4n) is 3.18. The van der Waals surface area contributed by atoms with Crippen LogP contribution in [0.3, 0.4) is 0 Å². The van der Waals surface area contributed by atoms with E-state index in [9.17, 15) is 23.3 Å². The first-order chi connectivity index (χ1) is 15.5. The van der Waals surface area contributed by atoms with Crippen LogP contribution in [0.4, 0.5) is 0 Å². The number of sulfone groups is 1. The molecule has 1 atom stereocenters. The summed E-state index contributed by atoms with van der Waals surface area (Å²) in [4.78, 5) is 18.4. The maximum Gasteiger partial charge on any atom is 0.668 e. The third kappa shape index (κ3) is 4.51. The van der Waals surface area contributed by atoms with Crippen molar-refractivity contribution in [2.45, 2.75) is 24.6 Å². The number of hydrogen-bond acceptors (Lipinski definition) is 11. The molecule has 1 unspecified atom stereocenters. The Bertz CT molecular complexity index is 1360. The maximum atomic E-state index is 12.6. The smallest absolute Gasteiger partial charge is 0.620 e. The number of aryl methyl sites for hydroxylation is 1. The van der Waals surface area contributed by atoms with E-state index in [0.717, 1.165) is 11.9 Å². The van der Waals surface area contributed by atoms with Crippen LogP contribution in [0.1, 0.15) is 13.3 Å². The first-order valence-corrected chi connectivity index (χ1v) is 11.6. The maximum absolute atomic E-state index is 12.6. The highest BCUT2D eigenvalue weighted by atomic mass is 32.2. The van der Waals surface area contributed by atoms with Gasteiger partial charge in [0.1, 0.15) is 4.75 Å². The zero-order valence-electron chi connectivity index (χ0n) is 17.6. The molecule has 3 heterocycles. The monoisotopic (exact) mass is 475 g/mol. The van der Waals surface area contributed by atoms with Crippen LogP contribution in [0.2, 0.25) is 0 Å². The van der Waals surface area contributed by atoms with Crippen molar-refractivity contribution in [2.75, 3.05) is 6.26 Å². The highest BCUT2D eigenvalue weighted by molar-refractivity contribution is 7.92. The molecule has 1 aromatic carbocycles. The van der Waals surface area contributed by atoms with Gasteiger partial charge in [-0.15, -0.1) is 0 Å². The Labute approximate surface area is 187 Å². The summed E-state index contributed by atoms with van der Waals surface area (Å²) in [6.45, 7) is -2.48. The largest absolute Gasteiger partial charge is 0.668 e. The van der Waals surface area contributed by atoms with Gasteiger partial charge in [-0.05, 0) is 25.5 Å². The number of rotatable bonds is 7. The predicted octanol–water partition coefficient (Wildman–Crippen LogP) is -0.535. The fourth-order valence-corrected chi connectivity index (χ4v) is 4.04. The van der Waals surface area contributed by atoms with Gasteiger partial charge in [-0.2, -0.15) is 15.0 Å². The van der Waals surface area contributed by atoms with Gasteiger partial charge in [-0.3, -0.25) is 9.36 Å². The Balaban J connectivity index is 1.53. The number of aromatic nitrogens is 5. The molecular weight excluding hydrogens is 455 g/mol. The highest BCUT2D eigenvalue weighted by Crippen LogP contribution is 2.29. The van der Waals surface area contributed by atoms with Crippen molar-refractivity contribution < 1.29 is 27.9 Å². The lowest BCUT2D eigenvalue weighted by Crippen LogP contribution is -2.48. The van der Waals surface area contributed by atoms with Gasteiger partial charge in [-0.25, -0.2) is 13.4 Å². The van der Waals surface area contributed by atoms with Crippen LogP contribution in [-0.2, 0) is 25.8 Å². The molecule has 174 valence electrons. The second-order valence-corrected chi connectivity index (χ2v) is 10.1. The van der Waals surface area contributed by atoms with Crippen LogP contribution in [0.25, 0.3) is 16.9 Å². The normalized spacial score (nSPS) is 17.0. The van der Waals surface area contributed by atoms with E-state index in [1.807, 2.05) is 0 Å². The minimum Gasteiger partial charge on any atom is -0.620 e. The zero-order valence-corrected chi connectivity index (χ0v) is 18.5. The summed E-state index contributed by atoms with van der Waals surface area (Å²) in [5, 5.41) is 30.3. The van der Waals surface area contributed by atoms with E-state index >= 15 is 0 Å². The molecular formula is C18H20BN6O7S-. The van der Waals surface area contributed by atoms with Gasteiger partial charge in [0, 0.05) is 24.4 Å². The molecule has 1 aliphatic heterocycles. The third-order valence-corrected chi connectivity index (χ3v) is 7.35. The lowest BCUT2D eigenvalue weighted by molar-refractivity contribution is 0.102. The molecule has 33 heavy (non-hydrogen) atoms. The van der Waals surface area contributed by atoms with Gasteiger partial charge in [0.2, 0.25) is 0 Å². The summed E-state index contributed by atoms with van der Waals surface area (Å²) in [5.41, 5.74) is 1.48. The molecule has 0 radical (unpaired) electrons. The number of oxime groups is 1. The van der Waals surface area contributed by atoms with Crippen LogP contribution >= 0.6 is 0 Å². The van der Waals surface area contributed by atoms with Crippen LogP contribution in [0.15, 0.2) is 59.0 Å². The predicted molar refractivity (Wildman–Crippen MR) is 117 cm³/mol. The first kappa shape index (κ1) is 22.6. The quantitative estimate of drug-likeness (QED) is 0.423. The van der Waals surface area contributed by atoms with Gasteiger partial charge < -0.3 is 19.5 Å². The molecule has 13 nitrogen and oxygen atoms in total. The number of hydrogen-bond donors (Lipinski definition) is 2. The molecule has 2 aromatic heterocycles. The Morgan fingerprint density at radius 3 is 2.36 bits per heavy atom. The molecule has 4 rings (SSSR count). The van der Waals surface area contributed by atoms with E-state index in [-0.39, 0.29) is 13.0 Å². The van der Waals surface area contributed by atoms with E-state index in [0.29, 0.717) is 11.3 Å². The Kier molecular flexibility index (Phi) is 5.55. The van der Waals surface area contributed by atoms with Crippen LogP contribution in [0.5, 0.6) is 0 Å². The summed E-state index contributed by atoms with van der Waals surface area (Å²) in [6.07, 6.45) is 5.23. The van der Waals surface area contributed by atoms with Crippen molar-refractivity contribution in [3.05, 3.63) is 59.4 Å². The molecule has 2 N–H and O–H groups in total. The molecule has 0 bridgehead atoms. The molecule has 0 saturated heterocycles. The van der Waals surface area contributed by atoms with Crippen molar-refractivity contribution in [2.24, 2.45) is 5.16 Å². The Hall–Kier alpha value is -3.56. The van der Waals surface area contributed by atoms with E-state index < -0.39 is 33.0 Å². The van der Waals surface area contributed by atoms with Crippen molar-refractivity contribution in [3.8, 4) is 16.9 Å². The van der Waals surface area contributed by atoms with Crippen molar-refractivity contribution in [1.29, 1.82) is 0 Å². The molecule has 3 aromatic rings. The fraction of sp³-hybridized carbons (Fsp3) is 0.278. The van der Waals surface area contributed by atoms with Gasteiger partial charge in [-0.1, -0.05) is 17.3 Å². The highest BCUT2D eigenvalue weighted by Gasteiger charge is 2.48. The van der Waals surface area contributed by atoms with Gasteiger partial charge in [0.25, 0.3) is 5.56 Å². The SMILES string of the molecule is CC(CCn1cnc(-c2ccc(-n3nccn3)cc2)cc1=O)(C1=NO[B-](O)(O)O1)S(C)(=O)=O. The Morgan fingerprint density at radius 1 is 1.15 bits per heavy atom. The lowest BCUT2D eigenvalue weighted by Gasteiger charge is -2.30. The van der Waals surface area contributed by atoms with E-state index in [2.05, 4.69) is 25.1 Å². The minimum absolute atomic E-state index is 0.0567. The molecule has 0 fully saturated rings. The summed E-state index contributed by atoms with van der Waals surface area (Å²) in [6, 6.07) is 8.46. The first-order valence-electron chi connectivity index (χ1n) is 9.75. The van der Waals surface area contributed by atoms with E-state index in [1.54, 1.807) is 36.7 Å². The number of benzene rings is 1. The summed E-state index contributed by atoms with van der Waals surface area (Å²) in [7, 11) is -3.85. The van der Waals surface area contributed by atoms with Gasteiger partial charge in [0.05, 0.1) is 30.1 Å². The summed E-state index contributed by atoms with van der Waals surface area (Å²) < 4.78 is 33.4. The summed E-state index contributed by atoms with van der Waals surface area (Å²) >= 11 is 0. The van der Waals surface area contributed by atoms with Crippen LogP contribution in [-0.4, -0.2) is 66.9 Å². The Morgan fingerprint density at radius 2 is 1.82 bits per heavy atom. The van der Waals surface area contributed by atoms with Gasteiger partial charge in [0.15, 0.2) is 15.7 Å². The van der Waals surface area contributed by atoms with E-state index in [1.165, 1.54) is 28.7 Å². The number of nitrogens with zero attached hydrogens (tertiary/aromatic N) is 6. The van der Waals surface area contributed by atoms with Crippen molar-refractivity contribution in [1.82, 2.24) is 24.5 Å². The van der Waals surface area contributed by atoms with Crippen LogP contribution < -0.4 is 5.56 Å². The zero-order chi connectivity index (χ0) is 23.9. The molecule has 0 spiro atoms. The lowest BCUT2D eigenvalue weighted by atomic mass is 10.0. The minimum atomic E-state index is -3.85. The molecule has 15 heteroatoms. The average molecular weight is 475 g/mol. The third-order valence-electron chi connectivity index (χ3n) is 5.33. The molecule has 1 aliphatic rings. The molecule has 0 aliphatic carbocycles. The van der Waals surface area contributed by atoms with Crippen LogP contribution in [0, 0.1) is 0 Å². The average Bonchev–Trinajstić information content (AvgIpc) is 3.42. The van der Waals surface area contributed by atoms with E-state index in [4.69, 9.17) is 4.65 Å². The second kappa shape index (κ2) is 8.10. The van der Waals surface area contributed by atoms with Crippen molar-refractivity contribution in [3.63, 3.8) is 0 Å². The standard InChI is InChI=1S/C18H20BN6O7S/c1-18(33(2,29)30,17-23-32-19(27,28)31-17)7-10-24-12-20-15(11-16(24)26)13-3-5-14(6-4-13)25-21-8-9-22-25/h3-6,8-9,11-12,27-28H,7,10H2,1-2H3/q-1. The second-order valence-electron chi connectivity index (χ2n) is 7.68. The van der Waals surface area contributed by atoms with Gasteiger partial charge >= 0.3 is 6.96 Å². The van der Waals surface area contributed by atoms with Crippen molar-refractivity contribution >= 4 is 22.7 Å².